The molecule has 0 radical (unpaired) electrons. The Bertz CT molecular complexity index is 254. The van der Waals surface area contributed by atoms with Crippen LogP contribution in [0, 0.1) is 0 Å². The van der Waals surface area contributed by atoms with E-state index in [1.54, 1.807) is 20.8 Å². The van der Waals surface area contributed by atoms with Gasteiger partial charge in [0.25, 0.3) is 0 Å². The molecule has 0 saturated carbocycles. The maximum Gasteiger partial charge on any atom is 0.405 e. The van der Waals surface area contributed by atoms with Gasteiger partial charge in [-0.15, -0.1) is 0 Å². The normalized spacial score (nSPS) is 14.2. The highest BCUT2D eigenvalue weighted by Crippen LogP contribution is 2.26. The molecule has 0 saturated heterocycles. The highest BCUT2D eigenvalue weighted by Gasteiger charge is 2.43. The van der Waals surface area contributed by atoms with Gasteiger partial charge in [-0.2, -0.15) is 13.2 Å². The molecule has 0 aromatic rings. The van der Waals surface area contributed by atoms with Crippen molar-refractivity contribution in [3.8, 4) is 0 Å². The predicted molar refractivity (Wildman–Crippen MR) is 60.7 cm³/mol. The third-order valence-corrected chi connectivity index (χ3v) is 2.86. The van der Waals surface area contributed by atoms with Crippen molar-refractivity contribution in [3.05, 3.63) is 0 Å². The van der Waals surface area contributed by atoms with Crippen LogP contribution in [0.4, 0.5) is 13.2 Å². The van der Waals surface area contributed by atoms with Crippen molar-refractivity contribution in [1.29, 1.82) is 0 Å². The molecule has 0 heterocycles. The lowest BCUT2D eigenvalue weighted by Crippen LogP contribution is -2.53. The molecule has 0 rings (SSSR count). The molecule has 102 valence electrons. The summed E-state index contributed by atoms with van der Waals surface area (Å²) >= 11 is 0. The summed E-state index contributed by atoms with van der Waals surface area (Å²) in [6.07, 6.45) is -4.12. The average Bonchev–Trinajstić information content (AvgIpc) is 2.21. The number of nitrogens with zero attached hydrogens (tertiary/aromatic N) is 2. The van der Waals surface area contributed by atoms with E-state index in [4.69, 9.17) is 0 Å². The summed E-state index contributed by atoms with van der Waals surface area (Å²) in [4.78, 5) is 13.7. The zero-order valence-electron chi connectivity index (χ0n) is 11.0. The quantitative estimate of drug-likeness (QED) is 0.750. The van der Waals surface area contributed by atoms with Crippen molar-refractivity contribution in [2.24, 2.45) is 0 Å². The van der Waals surface area contributed by atoms with Crippen LogP contribution in [0.1, 0.15) is 27.2 Å². The second-order valence-corrected chi connectivity index (χ2v) is 4.44. The molecule has 0 aromatic carbocycles. The Hall–Kier alpha value is -0.780. The van der Waals surface area contributed by atoms with Gasteiger partial charge in [-0.25, -0.2) is 0 Å². The number of halogens is 3. The number of alkyl halides is 3. The van der Waals surface area contributed by atoms with Crippen LogP contribution < -0.4 is 0 Å². The Labute approximate surface area is 101 Å². The van der Waals surface area contributed by atoms with Gasteiger partial charge in [0.15, 0.2) is 0 Å². The SMILES string of the molecule is CCC(=O)N(C)CC(N(C)C(C)C)C(F)(F)F. The first-order valence-corrected chi connectivity index (χ1v) is 5.63. The van der Waals surface area contributed by atoms with Gasteiger partial charge in [0.05, 0.1) is 0 Å². The topological polar surface area (TPSA) is 23.6 Å². The number of carbonyl (C=O) groups excluding carboxylic acids is 1. The van der Waals surface area contributed by atoms with E-state index in [0.29, 0.717) is 0 Å². The maximum atomic E-state index is 12.9. The molecular formula is C11H21F3N2O. The van der Waals surface area contributed by atoms with Crippen LogP contribution >= 0.6 is 0 Å². The van der Waals surface area contributed by atoms with Crippen molar-refractivity contribution in [3.63, 3.8) is 0 Å². The number of carbonyl (C=O) groups is 1. The van der Waals surface area contributed by atoms with Gasteiger partial charge in [-0.1, -0.05) is 6.92 Å². The highest BCUT2D eigenvalue weighted by molar-refractivity contribution is 5.75. The summed E-state index contributed by atoms with van der Waals surface area (Å²) in [6.45, 7) is 4.69. The van der Waals surface area contributed by atoms with Gasteiger partial charge in [-0.05, 0) is 20.9 Å². The fourth-order valence-electron chi connectivity index (χ4n) is 1.45. The molecule has 0 spiro atoms. The lowest BCUT2D eigenvalue weighted by Gasteiger charge is -2.35. The Morgan fingerprint density at radius 1 is 1.24 bits per heavy atom. The van der Waals surface area contributed by atoms with Crippen LogP contribution in [0.2, 0.25) is 0 Å². The summed E-state index contributed by atoms with van der Waals surface area (Å²) in [7, 11) is 2.83. The smallest absolute Gasteiger partial charge is 0.344 e. The minimum absolute atomic E-state index is 0.215. The lowest BCUT2D eigenvalue weighted by molar-refractivity contribution is -0.188. The van der Waals surface area contributed by atoms with E-state index in [1.165, 1.54) is 19.0 Å². The van der Waals surface area contributed by atoms with E-state index in [2.05, 4.69) is 0 Å². The summed E-state index contributed by atoms with van der Waals surface area (Å²) in [5, 5.41) is 0. The summed E-state index contributed by atoms with van der Waals surface area (Å²) in [5.41, 5.74) is 0. The highest BCUT2D eigenvalue weighted by atomic mass is 19.4. The van der Waals surface area contributed by atoms with E-state index >= 15 is 0 Å². The van der Waals surface area contributed by atoms with E-state index in [1.807, 2.05) is 0 Å². The Balaban J connectivity index is 4.79. The van der Waals surface area contributed by atoms with Gasteiger partial charge in [0.2, 0.25) is 5.91 Å². The second-order valence-electron chi connectivity index (χ2n) is 4.44. The largest absolute Gasteiger partial charge is 0.405 e. The van der Waals surface area contributed by atoms with Crippen molar-refractivity contribution in [2.45, 2.75) is 45.5 Å². The molecule has 0 aliphatic rings. The molecule has 0 aliphatic carbocycles. The molecule has 0 bridgehead atoms. The summed E-state index contributed by atoms with van der Waals surface area (Å²) < 4.78 is 38.6. The minimum atomic E-state index is -4.33. The van der Waals surface area contributed by atoms with Gasteiger partial charge in [0, 0.05) is 26.1 Å². The second kappa shape index (κ2) is 6.23. The molecule has 0 fully saturated rings. The summed E-state index contributed by atoms with van der Waals surface area (Å²) in [6, 6.07) is -1.85. The molecule has 1 amide bonds. The first-order valence-electron chi connectivity index (χ1n) is 5.63. The maximum absolute atomic E-state index is 12.9. The molecule has 1 atom stereocenters. The molecule has 0 N–H and O–H groups in total. The first-order chi connectivity index (χ1) is 7.61. The zero-order chi connectivity index (χ0) is 13.8. The number of hydrogen-bond donors (Lipinski definition) is 0. The van der Waals surface area contributed by atoms with Crippen LogP contribution in [0.3, 0.4) is 0 Å². The van der Waals surface area contributed by atoms with Crippen LogP contribution in [-0.2, 0) is 4.79 Å². The van der Waals surface area contributed by atoms with E-state index in [0.717, 1.165) is 4.90 Å². The van der Waals surface area contributed by atoms with Crippen molar-refractivity contribution in [1.82, 2.24) is 9.80 Å². The number of amides is 1. The average molecular weight is 254 g/mol. The Morgan fingerprint density at radius 2 is 1.71 bits per heavy atom. The third kappa shape index (κ3) is 4.93. The van der Waals surface area contributed by atoms with Gasteiger partial charge in [0.1, 0.15) is 6.04 Å². The number of hydrogen-bond acceptors (Lipinski definition) is 2. The monoisotopic (exact) mass is 254 g/mol. The van der Waals surface area contributed by atoms with Crippen LogP contribution in [-0.4, -0.2) is 54.6 Å². The molecule has 17 heavy (non-hydrogen) atoms. The molecule has 1 unspecified atom stereocenters. The van der Waals surface area contributed by atoms with Gasteiger partial charge in [-0.3, -0.25) is 9.69 Å². The Kier molecular flexibility index (Phi) is 5.95. The van der Waals surface area contributed by atoms with Crippen molar-refractivity contribution >= 4 is 5.91 Å². The number of likely N-dealkylation sites (N-methyl/N-ethyl adjacent to an activating group) is 2. The van der Waals surface area contributed by atoms with E-state index < -0.39 is 12.2 Å². The number of rotatable bonds is 5. The van der Waals surface area contributed by atoms with E-state index in [9.17, 15) is 18.0 Å². The fraction of sp³-hybridized carbons (Fsp3) is 0.909. The molecule has 0 aromatic heterocycles. The van der Waals surface area contributed by atoms with Gasteiger partial charge < -0.3 is 4.90 Å². The zero-order valence-corrected chi connectivity index (χ0v) is 11.0. The summed E-state index contributed by atoms with van der Waals surface area (Å²) in [5.74, 6) is -0.281. The first kappa shape index (κ1) is 16.2. The molecule has 3 nitrogen and oxygen atoms in total. The van der Waals surface area contributed by atoms with Crippen molar-refractivity contribution in [2.75, 3.05) is 20.6 Å². The molecule has 6 heteroatoms. The lowest BCUT2D eigenvalue weighted by atomic mass is 10.2. The van der Waals surface area contributed by atoms with Crippen LogP contribution in [0.15, 0.2) is 0 Å². The van der Waals surface area contributed by atoms with Gasteiger partial charge >= 0.3 is 6.18 Å². The fourth-order valence-corrected chi connectivity index (χ4v) is 1.45. The van der Waals surface area contributed by atoms with Crippen LogP contribution in [0.5, 0.6) is 0 Å². The van der Waals surface area contributed by atoms with E-state index in [-0.39, 0.29) is 24.9 Å². The third-order valence-electron chi connectivity index (χ3n) is 2.86. The predicted octanol–water partition coefficient (Wildman–Crippen LogP) is 2.13. The molecule has 0 aliphatic heterocycles. The van der Waals surface area contributed by atoms with Crippen LogP contribution in [0.25, 0.3) is 0 Å². The minimum Gasteiger partial charge on any atom is -0.344 e. The molecular weight excluding hydrogens is 233 g/mol. The standard InChI is InChI=1S/C11H21F3N2O/c1-6-10(17)15(4)7-9(11(12,13)14)16(5)8(2)3/h8-9H,6-7H2,1-5H3. The van der Waals surface area contributed by atoms with Crippen molar-refractivity contribution < 1.29 is 18.0 Å². The Morgan fingerprint density at radius 3 is 2.00 bits per heavy atom.